The minimum absolute atomic E-state index is 0.0767. The van der Waals surface area contributed by atoms with Gasteiger partial charge < -0.3 is 10.1 Å². The Morgan fingerprint density at radius 2 is 2.26 bits per heavy atom. The molecule has 0 radical (unpaired) electrons. The Labute approximate surface area is 118 Å². The van der Waals surface area contributed by atoms with Crippen LogP contribution in [0.25, 0.3) is 0 Å². The largest absolute Gasteiger partial charge is 0.464 e. The fourth-order valence-corrected chi connectivity index (χ4v) is 2.95. The number of ketones is 1. The van der Waals surface area contributed by atoms with Crippen LogP contribution in [0, 0.1) is 0 Å². The molecule has 19 heavy (non-hydrogen) atoms. The first-order valence-corrected chi connectivity index (χ1v) is 7.22. The number of hydrogen-bond acceptors (Lipinski definition) is 7. The van der Waals surface area contributed by atoms with E-state index in [1.165, 1.54) is 14.0 Å². The first kappa shape index (κ1) is 13.7. The highest BCUT2D eigenvalue weighted by atomic mass is 32.1. The molecule has 0 aliphatic rings. The van der Waals surface area contributed by atoms with Gasteiger partial charge in [-0.05, 0) is 22.4 Å². The van der Waals surface area contributed by atoms with Gasteiger partial charge in [0.15, 0.2) is 16.6 Å². The highest BCUT2D eigenvalue weighted by Crippen LogP contribution is 2.25. The first-order valence-electron chi connectivity index (χ1n) is 5.47. The van der Waals surface area contributed by atoms with Crippen LogP contribution in [0.2, 0.25) is 0 Å². The third kappa shape index (κ3) is 3.18. The van der Waals surface area contributed by atoms with Crippen molar-refractivity contribution in [2.24, 2.45) is 0 Å². The molecular weight excluding hydrogens is 284 g/mol. The lowest BCUT2D eigenvalue weighted by molar-refractivity contribution is 0.0591. The predicted octanol–water partition coefficient (Wildman–Crippen LogP) is 2.81. The minimum atomic E-state index is -0.593. The van der Waals surface area contributed by atoms with Gasteiger partial charge in [-0.25, -0.2) is 9.78 Å². The van der Waals surface area contributed by atoms with Crippen molar-refractivity contribution in [3.8, 4) is 0 Å². The zero-order chi connectivity index (χ0) is 13.8. The summed E-state index contributed by atoms with van der Waals surface area (Å²) >= 11 is 2.78. The maximum Gasteiger partial charge on any atom is 0.358 e. The Kier molecular flexibility index (Phi) is 4.28. The maximum absolute atomic E-state index is 11.5. The highest BCUT2D eigenvalue weighted by molar-refractivity contribution is 7.17. The fraction of sp³-hybridized carbons (Fsp3) is 0.250. The van der Waals surface area contributed by atoms with Crippen LogP contribution in [0.4, 0.5) is 5.13 Å². The molecule has 1 N–H and O–H groups in total. The van der Waals surface area contributed by atoms with E-state index in [4.69, 9.17) is 0 Å². The van der Waals surface area contributed by atoms with Gasteiger partial charge in [-0.3, -0.25) is 4.79 Å². The van der Waals surface area contributed by atoms with Crippen molar-refractivity contribution in [1.82, 2.24) is 4.98 Å². The van der Waals surface area contributed by atoms with E-state index in [0.717, 1.165) is 16.9 Å². The highest BCUT2D eigenvalue weighted by Gasteiger charge is 2.21. The Morgan fingerprint density at radius 1 is 1.47 bits per heavy atom. The predicted molar refractivity (Wildman–Crippen MR) is 75.1 cm³/mol. The van der Waals surface area contributed by atoms with Gasteiger partial charge in [0.1, 0.15) is 4.88 Å². The number of nitrogens with zero attached hydrogens (tertiary/aromatic N) is 1. The van der Waals surface area contributed by atoms with Crippen molar-refractivity contribution in [1.29, 1.82) is 0 Å². The summed E-state index contributed by atoms with van der Waals surface area (Å²) in [5, 5.41) is 7.64. The van der Waals surface area contributed by atoms with Gasteiger partial charge in [-0.15, -0.1) is 0 Å². The molecule has 0 saturated carbocycles. The molecule has 2 aromatic heterocycles. The molecule has 0 aliphatic carbocycles. The van der Waals surface area contributed by atoms with E-state index in [1.54, 1.807) is 11.3 Å². The van der Waals surface area contributed by atoms with E-state index < -0.39 is 5.97 Å². The maximum atomic E-state index is 11.5. The summed E-state index contributed by atoms with van der Waals surface area (Å²) in [5.41, 5.74) is 1.21. The number of hydrogen-bond donors (Lipinski definition) is 1. The lowest BCUT2D eigenvalue weighted by Crippen LogP contribution is -2.07. The molecule has 0 amide bonds. The normalized spacial score (nSPS) is 10.2. The fourth-order valence-electron chi connectivity index (χ4n) is 1.44. The summed E-state index contributed by atoms with van der Waals surface area (Å²) in [6.07, 6.45) is 0. The van der Waals surface area contributed by atoms with Crippen LogP contribution in [0.15, 0.2) is 16.8 Å². The molecule has 0 spiro atoms. The van der Waals surface area contributed by atoms with Crippen LogP contribution in [-0.2, 0) is 11.3 Å². The molecular formula is C12H12N2O3S2. The number of thiophene rings is 1. The Morgan fingerprint density at radius 3 is 2.84 bits per heavy atom. The summed E-state index contributed by atoms with van der Waals surface area (Å²) in [6.45, 7) is 2.01. The van der Waals surface area contributed by atoms with Crippen molar-refractivity contribution >= 4 is 39.6 Å². The number of carbonyl (C=O) groups is 2. The molecule has 7 heteroatoms. The van der Waals surface area contributed by atoms with E-state index in [9.17, 15) is 9.59 Å². The van der Waals surface area contributed by atoms with Gasteiger partial charge >= 0.3 is 5.97 Å². The van der Waals surface area contributed by atoms with E-state index >= 15 is 0 Å². The van der Waals surface area contributed by atoms with E-state index in [-0.39, 0.29) is 11.5 Å². The molecule has 0 fully saturated rings. The number of rotatable bonds is 5. The molecule has 0 aliphatic heterocycles. The number of Topliss-reactive ketones (excluding diaryl/α,β-unsaturated/α-hetero) is 1. The topological polar surface area (TPSA) is 68.3 Å². The summed E-state index contributed by atoms with van der Waals surface area (Å²) in [5.74, 6) is -0.786. The summed E-state index contributed by atoms with van der Waals surface area (Å²) in [7, 11) is 1.27. The molecule has 0 atom stereocenters. The molecule has 100 valence electrons. The Bertz CT molecular complexity index is 590. The smallest absolute Gasteiger partial charge is 0.358 e. The van der Waals surface area contributed by atoms with E-state index in [1.807, 2.05) is 16.8 Å². The van der Waals surface area contributed by atoms with Gasteiger partial charge in [0, 0.05) is 13.5 Å². The summed E-state index contributed by atoms with van der Waals surface area (Å²) in [6, 6.07) is 2.00. The second-order valence-electron chi connectivity index (χ2n) is 3.73. The Balaban J connectivity index is 2.17. The molecule has 2 heterocycles. The average Bonchev–Trinajstić information content (AvgIpc) is 3.04. The lowest BCUT2D eigenvalue weighted by Gasteiger charge is -1.98. The monoisotopic (exact) mass is 296 g/mol. The van der Waals surface area contributed by atoms with Crippen molar-refractivity contribution < 1.29 is 14.3 Å². The molecule has 0 unspecified atom stereocenters. The van der Waals surface area contributed by atoms with Crippen molar-refractivity contribution in [3.05, 3.63) is 33.0 Å². The molecule has 0 bridgehead atoms. The van der Waals surface area contributed by atoms with Gasteiger partial charge in [-0.2, -0.15) is 11.3 Å². The number of anilines is 1. The van der Waals surface area contributed by atoms with Crippen LogP contribution in [-0.4, -0.2) is 23.8 Å². The third-order valence-electron chi connectivity index (χ3n) is 2.35. The van der Waals surface area contributed by atoms with Crippen LogP contribution in [0.1, 0.15) is 32.6 Å². The lowest BCUT2D eigenvalue weighted by atomic mass is 10.3. The zero-order valence-electron chi connectivity index (χ0n) is 10.4. The van der Waals surface area contributed by atoms with Crippen LogP contribution < -0.4 is 5.32 Å². The molecule has 0 saturated heterocycles. The average molecular weight is 296 g/mol. The zero-order valence-corrected chi connectivity index (χ0v) is 12.1. The number of thiazole rings is 1. The second kappa shape index (κ2) is 5.94. The van der Waals surface area contributed by atoms with Gasteiger partial charge in [0.05, 0.1) is 7.11 Å². The molecule has 0 aromatic carbocycles. The number of carbonyl (C=O) groups excluding carboxylic acids is 2. The van der Waals surface area contributed by atoms with Gasteiger partial charge in [0.2, 0.25) is 0 Å². The molecule has 2 aromatic rings. The Hall–Kier alpha value is -1.73. The van der Waals surface area contributed by atoms with Crippen molar-refractivity contribution in [2.45, 2.75) is 13.5 Å². The molecule has 2 rings (SSSR count). The number of methoxy groups -OCH3 is 1. The standard InChI is InChI=1S/C12H12N2O3S2/c1-7(15)10-9(11(16)17-2)14-12(19-10)13-5-8-3-4-18-6-8/h3-4,6H,5H2,1-2H3,(H,13,14). The van der Waals surface area contributed by atoms with Gasteiger partial charge in [0.25, 0.3) is 0 Å². The SMILES string of the molecule is COC(=O)c1nc(NCc2ccsc2)sc1C(C)=O. The third-order valence-corrected chi connectivity index (χ3v) is 4.20. The van der Waals surface area contributed by atoms with Crippen molar-refractivity contribution in [3.63, 3.8) is 0 Å². The van der Waals surface area contributed by atoms with E-state index in [0.29, 0.717) is 16.6 Å². The van der Waals surface area contributed by atoms with Crippen LogP contribution in [0.3, 0.4) is 0 Å². The minimum Gasteiger partial charge on any atom is -0.464 e. The number of esters is 1. The summed E-state index contributed by atoms with van der Waals surface area (Å²) < 4.78 is 4.62. The second-order valence-corrected chi connectivity index (χ2v) is 5.51. The first-order chi connectivity index (χ1) is 9.11. The van der Waals surface area contributed by atoms with E-state index in [2.05, 4.69) is 15.0 Å². The van der Waals surface area contributed by atoms with Crippen molar-refractivity contribution in [2.75, 3.05) is 12.4 Å². The van der Waals surface area contributed by atoms with Crippen LogP contribution >= 0.6 is 22.7 Å². The quantitative estimate of drug-likeness (QED) is 0.678. The number of ether oxygens (including phenoxy) is 1. The summed E-state index contributed by atoms with van der Waals surface area (Å²) in [4.78, 5) is 27.4. The molecule has 5 nitrogen and oxygen atoms in total. The van der Waals surface area contributed by atoms with Gasteiger partial charge in [-0.1, -0.05) is 11.3 Å². The number of aromatic nitrogens is 1. The number of nitrogens with one attached hydrogen (secondary N) is 1. The van der Waals surface area contributed by atoms with Crippen LogP contribution in [0.5, 0.6) is 0 Å².